The van der Waals surface area contributed by atoms with Gasteiger partial charge in [-0.3, -0.25) is 0 Å². The van der Waals surface area contributed by atoms with Gasteiger partial charge in [-0.15, -0.1) is 0 Å². The fourth-order valence-electron chi connectivity index (χ4n) is 3.93. The normalized spacial score (nSPS) is 20.7. The van der Waals surface area contributed by atoms with E-state index in [4.69, 9.17) is 40.0 Å². The molecular weight excluding hydrogens is 787 g/mol. The number of nitrogens with two attached hydrogens (primary N) is 2. The van der Waals surface area contributed by atoms with Crippen LogP contribution in [0.3, 0.4) is 0 Å². The molecule has 0 aromatic carbocycles. The van der Waals surface area contributed by atoms with Gasteiger partial charge in [0.05, 0.1) is 0 Å². The number of nitrogens with zero attached hydrogens (tertiary/aromatic N) is 3. The molecule has 3 heterocycles. The molecule has 25 heteroatoms. The van der Waals surface area contributed by atoms with E-state index in [1.807, 2.05) is 34.6 Å². The maximum absolute atomic E-state index is 11.9. The van der Waals surface area contributed by atoms with Crippen molar-refractivity contribution in [1.29, 1.82) is 0 Å². The summed E-state index contributed by atoms with van der Waals surface area (Å²) in [5.41, 5.74) is 12.9. The van der Waals surface area contributed by atoms with Gasteiger partial charge in [0.15, 0.2) is 0 Å². The van der Waals surface area contributed by atoms with Gasteiger partial charge < -0.3 is 5.73 Å². The second-order valence-corrected chi connectivity index (χ2v) is 22.5. The standard InChI is InChI=1S/C24H42N5O13P3S4/c1-23(2,3)48-47-15-38-17-9-19(40-18(17)11-39-44(33,34)42-45(35,36)41-43(30,31)32)29-10-16(20-21(26)27-13-28-22(20)29)7-6-8-37-14-46-49-24(4,5)12-25/h10,13,17-19,33-34,44H,8-9,11-12,14-15,25H2,1-5H3,(H,35,36)(H2,26,27,28)(H2,30,31,32)/t17?,18-,19-/m1/s1. The Morgan fingerprint density at radius 2 is 1.82 bits per heavy atom. The van der Waals surface area contributed by atoms with Crippen molar-refractivity contribution in [1.82, 2.24) is 14.5 Å². The Morgan fingerprint density at radius 1 is 1.12 bits per heavy atom. The number of nitrogen functional groups attached to an aromatic ring is 1. The second kappa shape index (κ2) is 18.2. The Labute approximate surface area is 300 Å². The van der Waals surface area contributed by atoms with Gasteiger partial charge in [-0.25, -0.2) is 0 Å². The maximum atomic E-state index is 11.9. The van der Waals surface area contributed by atoms with Crippen LogP contribution >= 0.6 is 67.0 Å². The molecule has 4 atom stereocenters. The fraction of sp³-hybridized carbons (Fsp3) is 0.667. The molecular formula is C24H42N5O13P3S4. The van der Waals surface area contributed by atoms with E-state index in [-0.39, 0.29) is 34.3 Å². The van der Waals surface area contributed by atoms with Crippen molar-refractivity contribution in [3.05, 3.63) is 18.1 Å². The first-order valence-electron chi connectivity index (χ1n) is 14.3. The summed E-state index contributed by atoms with van der Waals surface area (Å²) in [5.74, 6) is 6.83. The van der Waals surface area contributed by atoms with E-state index in [9.17, 15) is 23.8 Å². The summed E-state index contributed by atoms with van der Waals surface area (Å²) in [5, 5.41) is 0.483. The molecule has 0 spiro atoms. The average Bonchev–Trinajstić information content (AvgIpc) is 3.53. The Hall–Kier alpha value is -0.210. The van der Waals surface area contributed by atoms with Crippen molar-refractivity contribution >= 4 is 83.8 Å². The number of rotatable bonds is 18. The molecule has 0 radical (unpaired) electrons. The summed E-state index contributed by atoms with van der Waals surface area (Å²) < 4.78 is 55.1. The Bertz CT molecular complexity index is 1570. The Balaban J connectivity index is 1.77. The van der Waals surface area contributed by atoms with Crippen LogP contribution in [-0.2, 0) is 36.5 Å². The monoisotopic (exact) mass is 829 g/mol. The number of phosphoric acid groups is 2. The van der Waals surface area contributed by atoms with Gasteiger partial charge in [0.2, 0.25) is 0 Å². The summed E-state index contributed by atoms with van der Waals surface area (Å²) in [6, 6.07) is 0. The summed E-state index contributed by atoms with van der Waals surface area (Å²) in [4.78, 5) is 56.0. The summed E-state index contributed by atoms with van der Waals surface area (Å²) in [6.45, 7) is 10.3. The van der Waals surface area contributed by atoms with E-state index in [1.165, 1.54) is 27.9 Å². The van der Waals surface area contributed by atoms with Crippen LogP contribution in [0.2, 0.25) is 0 Å². The van der Waals surface area contributed by atoms with Gasteiger partial charge in [-0.2, -0.15) is 0 Å². The first kappa shape index (κ1) is 43.2. The first-order chi connectivity index (χ1) is 22.6. The SMILES string of the molecule is CC(C)(C)SSCOC1C[C@H](n2cc(C#CCOCSSC(C)(C)CN)c3c(N)ncnc32)O[C@@H]1CO[PH](O)(O)OP(=O)(O)OP(=O)(O)O. The molecule has 2 aromatic heterocycles. The molecule has 0 bridgehead atoms. The average molecular weight is 830 g/mol. The van der Waals surface area contributed by atoms with Crippen LogP contribution in [-0.4, -0.2) is 92.3 Å². The number of hydrogen-bond acceptors (Lipinski definition) is 18. The molecule has 3 rings (SSSR count). The van der Waals surface area contributed by atoms with E-state index in [2.05, 4.69) is 30.4 Å². The zero-order valence-electron chi connectivity index (χ0n) is 27.2. The topological polar surface area (TPSA) is 273 Å². The molecule has 18 nitrogen and oxygen atoms in total. The molecule has 1 fully saturated rings. The molecule has 0 aliphatic carbocycles. The van der Waals surface area contributed by atoms with E-state index in [0.717, 1.165) is 0 Å². The van der Waals surface area contributed by atoms with Crippen molar-refractivity contribution in [2.75, 3.05) is 37.4 Å². The van der Waals surface area contributed by atoms with Gasteiger partial charge in [0.25, 0.3) is 0 Å². The number of fused-ring (bicyclic) bond motifs is 1. The predicted octanol–water partition coefficient (Wildman–Crippen LogP) is 3.91. The molecule has 49 heavy (non-hydrogen) atoms. The van der Waals surface area contributed by atoms with Crippen LogP contribution in [0.4, 0.5) is 5.82 Å². The van der Waals surface area contributed by atoms with Crippen molar-refractivity contribution < 1.29 is 61.0 Å². The van der Waals surface area contributed by atoms with Crippen molar-refractivity contribution in [3.8, 4) is 11.8 Å². The van der Waals surface area contributed by atoms with E-state index in [1.54, 1.807) is 32.4 Å². The fourth-order valence-corrected chi connectivity index (χ4v) is 11.3. The molecule has 1 aliphatic heterocycles. The minimum absolute atomic E-state index is 0.0552. The molecule has 2 unspecified atom stereocenters. The van der Waals surface area contributed by atoms with E-state index in [0.29, 0.717) is 29.1 Å². The van der Waals surface area contributed by atoms with Gasteiger partial charge in [-0.1, -0.05) is 21.6 Å². The van der Waals surface area contributed by atoms with Gasteiger partial charge in [0, 0.05) is 11.3 Å². The van der Waals surface area contributed by atoms with Crippen molar-refractivity contribution in [2.45, 2.75) is 69.0 Å². The third kappa shape index (κ3) is 15.0. The van der Waals surface area contributed by atoms with Crippen LogP contribution in [0, 0.1) is 11.8 Å². The van der Waals surface area contributed by atoms with Crippen molar-refractivity contribution in [3.63, 3.8) is 0 Å². The number of anilines is 1. The summed E-state index contributed by atoms with van der Waals surface area (Å²) >= 11 is 0. The molecule has 2 aromatic rings. The number of aromatic nitrogens is 3. The molecule has 1 saturated heterocycles. The van der Waals surface area contributed by atoms with Crippen LogP contribution in [0.1, 0.15) is 52.8 Å². The minimum atomic E-state index is -5.63. The Kier molecular flexibility index (Phi) is 16.1. The van der Waals surface area contributed by atoms with E-state index >= 15 is 0 Å². The van der Waals surface area contributed by atoms with Crippen LogP contribution in [0.25, 0.3) is 11.0 Å². The molecule has 9 N–H and O–H groups in total. The zero-order chi connectivity index (χ0) is 36.7. The number of hydrogen-bond donors (Lipinski definition) is 7. The second-order valence-electron chi connectivity index (χ2n) is 11.8. The summed E-state index contributed by atoms with van der Waals surface area (Å²) in [7, 11) is -10.4. The van der Waals surface area contributed by atoms with Gasteiger partial charge in [-0.05, 0) is 13.8 Å². The van der Waals surface area contributed by atoms with E-state index < -0.39 is 48.9 Å². The van der Waals surface area contributed by atoms with Gasteiger partial charge in [0.1, 0.15) is 5.94 Å². The molecule has 0 amide bonds. The van der Waals surface area contributed by atoms with Gasteiger partial charge >= 0.3 is 243 Å². The van der Waals surface area contributed by atoms with Crippen LogP contribution in [0.15, 0.2) is 12.5 Å². The summed E-state index contributed by atoms with van der Waals surface area (Å²) in [6.07, 6.45) is 0.761. The van der Waals surface area contributed by atoms with Crippen LogP contribution < -0.4 is 11.5 Å². The third-order valence-electron chi connectivity index (χ3n) is 5.95. The molecule has 0 saturated carbocycles. The first-order valence-corrected chi connectivity index (χ1v) is 23.6. The molecule has 280 valence electrons. The van der Waals surface area contributed by atoms with Crippen molar-refractivity contribution in [2.24, 2.45) is 5.73 Å². The number of ether oxygens (including phenoxy) is 3. The molecule has 1 aliphatic rings. The third-order valence-corrected chi connectivity index (χ3v) is 16.0. The van der Waals surface area contributed by atoms with Crippen LogP contribution in [0.5, 0.6) is 0 Å². The zero-order valence-corrected chi connectivity index (χ0v) is 33.2. The predicted molar refractivity (Wildman–Crippen MR) is 194 cm³/mol. The quantitative estimate of drug-likeness (QED) is 0.0369. The Morgan fingerprint density at radius 3 is 2.47 bits per heavy atom.